The molecule has 1 unspecified atom stereocenters. The van der Waals surface area contributed by atoms with Crippen LogP contribution in [0.2, 0.25) is 0 Å². The largest absolute Gasteiger partial charge is 0.476 e. The van der Waals surface area contributed by atoms with Gasteiger partial charge >= 0.3 is 5.97 Å². The molecule has 8 heteroatoms. The van der Waals surface area contributed by atoms with Crippen molar-refractivity contribution >= 4 is 27.3 Å². The Kier molecular flexibility index (Phi) is 5.24. The third-order valence-corrected chi connectivity index (χ3v) is 5.32. The van der Waals surface area contributed by atoms with E-state index in [-0.39, 0.29) is 10.3 Å². The number of carboxylic acid groups (broad SMARTS) is 1. The van der Waals surface area contributed by atoms with Gasteiger partial charge in [0.25, 0.3) is 10.0 Å². The molecule has 0 spiro atoms. The maximum Gasteiger partial charge on any atom is 0.356 e. The summed E-state index contributed by atoms with van der Waals surface area (Å²) >= 11 is 0.813. The van der Waals surface area contributed by atoms with Crippen molar-refractivity contribution in [2.75, 3.05) is 0 Å². The number of hydrogen-bond donors (Lipinski definition) is 2. The van der Waals surface area contributed by atoms with E-state index in [1.54, 1.807) is 0 Å². The molecular weight excluding hydrogens is 276 g/mol. The van der Waals surface area contributed by atoms with Crippen molar-refractivity contribution in [2.24, 2.45) is 0 Å². The Hall–Kier alpha value is -0.990. The van der Waals surface area contributed by atoms with E-state index in [2.05, 4.69) is 9.71 Å². The number of nitrogens with one attached hydrogen (secondary N) is 1. The van der Waals surface area contributed by atoms with Crippen LogP contribution in [0.1, 0.15) is 43.6 Å². The van der Waals surface area contributed by atoms with Crippen molar-refractivity contribution in [1.82, 2.24) is 9.71 Å². The van der Waals surface area contributed by atoms with Crippen LogP contribution < -0.4 is 4.72 Å². The summed E-state index contributed by atoms with van der Waals surface area (Å²) in [6.07, 6.45) is 2.24. The average Bonchev–Trinajstić information content (AvgIpc) is 2.77. The number of nitrogens with zero attached hydrogens (tertiary/aromatic N) is 1. The minimum Gasteiger partial charge on any atom is -0.476 e. The molecule has 2 N–H and O–H groups in total. The zero-order valence-corrected chi connectivity index (χ0v) is 11.8. The van der Waals surface area contributed by atoms with Crippen molar-refractivity contribution in [3.05, 3.63) is 11.2 Å². The maximum absolute atomic E-state index is 12.1. The quantitative estimate of drug-likeness (QED) is 0.797. The normalized spacial score (nSPS) is 13.4. The lowest BCUT2D eigenvalue weighted by Gasteiger charge is -2.15. The van der Waals surface area contributed by atoms with Gasteiger partial charge in [0.1, 0.15) is 0 Å². The summed E-state index contributed by atoms with van der Waals surface area (Å²) in [5, 5.41) is 8.86. The van der Waals surface area contributed by atoms with E-state index in [0.717, 1.165) is 24.2 Å². The molecule has 0 saturated heterocycles. The Morgan fingerprint density at radius 1 is 1.56 bits per heavy atom. The average molecular weight is 292 g/mol. The molecule has 1 aromatic rings. The topological polar surface area (TPSA) is 96.4 Å². The van der Waals surface area contributed by atoms with Crippen LogP contribution in [0, 0.1) is 0 Å². The minimum atomic E-state index is -3.80. The van der Waals surface area contributed by atoms with E-state index in [1.165, 1.54) is 5.51 Å². The van der Waals surface area contributed by atoms with E-state index in [9.17, 15) is 13.2 Å². The maximum atomic E-state index is 12.1. The van der Waals surface area contributed by atoms with Crippen LogP contribution in [0.15, 0.2) is 9.72 Å². The summed E-state index contributed by atoms with van der Waals surface area (Å²) in [7, 11) is -3.80. The van der Waals surface area contributed by atoms with E-state index in [1.807, 2.05) is 13.8 Å². The summed E-state index contributed by atoms with van der Waals surface area (Å²) in [5.74, 6) is -1.33. The summed E-state index contributed by atoms with van der Waals surface area (Å²) < 4.78 is 26.4. The molecule has 0 aliphatic heterocycles. The van der Waals surface area contributed by atoms with Crippen LogP contribution in [0.5, 0.6) is 0 Å². The highest BCUT2D eigenvalue weighted by Crippen LogP contribution is 2.21. The summed E-state index contributed by atoms with van der Waals surface area (Å²) in [4.78, 5) is 14.4. The first-order chi connectivity index (χ1) is 8.42. The second-order valence-corrected chi connectivity index (χ2v) is 6.57. The van der Waals surface area contributed by atoms with Crippen molar-refractivity contribution in [1.29, 1.82) is 0 Å². The van der Waals surface area contributed by atoms with Gasteiger partial charge in [0.2, 0.25) is 0 Å². The van der Waals surface area contributed by atoms with Crippen LogP contribution in [-0.4, -0.2) is 30.5 Å². The molecule has 0 aliphatic carbocycles. The number of rotatable bonds is 7. The highest BCUT2D eigenvalue weighted by molar-refractivity contribution is 7.91. The van der Waals surface area contributed by atoms with Crippen molar-refractivity contribution in [3.8, 4) is 0 Å². The molecule has 0 fully saturated rings. The van der Waals surface area contributed by atoms with E-state index >= 15 is 0 Å². The Labute approximate surface area is 110 Å². The smallest absolute Gasteiger partial charge is 0.356 e. The molecule has 1 aromatic heterocycles. The Morgan fingerprint density at radius 3 is 2.72 bits per heavy atom. The van der Waals surface area contributed by atoms with Gasteiger partial charge in [-0.2, -0.15) is 0 Å². The van der Waals surface area contributed by atoms with Crippen molar-refractivity contribution in [2.45, 2.75) is 43.4 Å². The lowest BCUT2D eigenvalue weighted by atomic mass is 10.1. The number of aromatic nitrogens is 1. The monoisotopic (exact) mass is 292 g/mol. The molecule has 0 radical (unpaired) electrons. The van der Waals surface area contributed by atoms with Gasteiger partial charge in [0, 0.05) is 6.04 Å². The fourth-order valence-electron chi connectivity index (χ4n) is 1.54. The SMILES string of the molecule is CCCC(CC)NS(=O)(=O)c1scnc1C(=O)O. The number of aromatic carboxylic acids is 1. The molecule has 0 aliphatic rings. The first-order valence-corrected chi connectivity index (χ1v) is 7.97. The number of hydrogen-bond acceptors (Lipinski definition) is 5. The van der Waals surface area contributed by atoms with Gasteiger partial charge in [-0.25, -0.2) is 22.9 Å². The highest BCUT2D eigenvalue weighted by atomic mass is 32.2. The number of sulfonamides is 1. The van der Waals surface area contributed by atoms with Crippen LogP contribution in [-0.2, 0) is 10.0 Å². The summed E-state index contributed by atoms with van der Waals surface area (Å²) in [5.41, 5.74) is 0.803. The first-order valence-electron chi connectivity index (χ1n) is 5.61. The van der Waals surface area contributed by atoms with Gasteiger partial charge in [-0.3, -0.25) is 0 Å². The minimum absolute atomic E-state index is 0.177. The van der Waals surface area contributed by atoms with Gasteiger partial charge < -0.3 is 5.11 Å². The number of carboxylic acids is 1. The molecule has 6 nitrogen and oxygen atoms in total. The Bertz CT molecular complexity index is 510. The predicted molar refractivity (Wildman–Crippen MR) is 68.4 cm³/mol. The molecule has 0 bridgehead atoms. The van der Waals surface area contributed by atoms with E-state index in [4.69, 9.17) is 5.11 Å². The third-order valence-electron chi connectivity index (χ3n) is 2.43. The van der Waals surface area contributed by atoms with E-state index < -0.39 is 21.7 Å². The molecule has 102 valence electrons. The molecule has 1 rings (SSSR count). The molecule has 0 amide bonds. The summed E-state index contributed by atoms with van der Waals surface area (Å²) in [6.45, 7) is 3.85. The second-order valence-electron chi connectivity index (χ2n) is 3.81. The lowest BCUT2D eigenvalue weighted by Crippen LogP contribution is -2.34. The van der Waals surface area contributed by atoms with Crippen molar-refractivity contribution in [3.63, 3.8) is 0 Å². The second kappa shape index (κ2) is 6.26. The van der Waals surface area contributed by atoms with Crippen LogP contribution in [0.3, 0.4) is 0 Å². The zero-order chi connectivity index (χ0) is 13.8. The van der Waals surface area contributed by atoms with Gasteiger partial charge in [-0.05, 0) is 12.8 Å². The predicted octanol–water partition coefficient (Wildman–Crippen LogP) is 1.70. The lowest BCUT2D eigenvalue weighted by molar-refractivity contribution is 0.0687. The van der Waals surface area contributed by atoms with E-state index in [0.29, 0.717) is 6.42 Å². The van der Waals surface area contributed by atoms with Crippen molar-refractivity contribution < 1.29 is 18.3 Å². The standard InChI is InChI=1S/C10H16N2O4S2/c1-3-5-7(4-2)12-18(15,16)10-8(9(13)14)11-6-17-10/h6-7,12H,3-5H2,1-2H3,(H,13,14). The molecule has 18 heavy (non-hydrogen) atoms. The van der Waals surface area contributed by atoms with Crippen LogP contribution in [0.4, 0.5) is 0 Å². The summed E-state index contributed by atoms with van der Waals surface area (Å²) in [6, 6.07) is -0.177. The molecule has 0 saturated carbocycles. The zero-order valence-electron chi connectivity index (χ0n) is 10.2. The first kappa shape index (κ1) is 15.1. The Morgan fingerprint density at radius 2 is 2.22 bits per heavy atom. The van der Waals surface area contributed by atoms with Gasteiger partial charge in [0.15, 0.2) is 9.90 Å². The van der Waals surface area contributed by atoms with Gasteiger partial charge in [-0.1, -0.05) is 20.3 Å². The number of carbonyl (C=O) groups is 1. The number of thiazole rings is 1. The van der Waals surface area contributed by atoms with Gasteiger partial charge in [0.05, 0.1) is 5.51 Å². The molecule has 1 atom stereocenters. The highest BCUT2D eigenvalue weighted by Gasteiger charge is 2.27. The van der Waals surface area contributed by atoms with Crippen LogP contribution >= 0.6 is 11.3 Å². The molecule has 0 aromatic carbocycles. The van der Waals surface area contributed by atoms with Gasteiger partial charge in [-0.15, -0.1) is 11.3 Å². The third kappa shape index (κ3) is 3.50. The molecular formula is C10H16N2O4S2. The fraction of sp³-hybridized carbons (Fsp3) is 0.600. The fourth-order valence-corrected chi connectivity index (χ4v) is 4.05. The van der Waals surface area contributed by atoms with Crippen LogP contribution in [0.25, 0.3) is 0 Å². The molecule has 1 heterocycles. The Balaban J connectivity index is 2.99.